The molecular weight excluding hydrogens is 612 g/mol. The van der Waals surface area contributed by atoms with Crippen LogP contribution < -0.4 is 5.32 Å². The van der Waals surface area contributed by atoms with E-state index in [9.17, 15) is 60.8 Å². The first-order valence-electron chi connectivity index (χ1n) is 13.1. The Morgan fingerprint density at radius 3 is 1.58 bits per heavy atom. The zero-order chi connectivity index (χ0) is 34.3. The van der Waals surface area contributed by atoms with Gasteiger partial charge in [0.05, 0.1) is 22.3 Å². The average molecular weight is 640 g/mol. The number of carbonyl (C=O) groups is 4. The van der Waals surface area contributed by atoms with Crippen LogP contribution in [0, 0.1) is 0 Å². The Balaban J connectivity index is 2.39. The second kappa shape index (κ2) is 12.0. The molecule has 0 saturated heterocycles. The molecule has 0 aliphatic heterocycles. The lowest BCUT2D eigenvalue weighted by Crippen LogP contribution is -2.55. The number of benzene rings is 3. The Bertz CT molecular complexity index is 1670. The van der Waals surface area contributed by atoms with Gasteiger partial charge in [0, 0.05) is 16.8 Å². The summed E-state index contributed by atoms with van der Waals surface area (Å²) >= 11 is 0. The van der Waals surface area contributed by atoms with Crippen LogP contribution in [0.2, 0.25) is 0 Å². The van der Waals surface area contributed by atoms with Crippen molar-refractivity contribution in [2.45, 2.75) is 57.5 Å². The van der Waals surface area contributed by atoms with Gasteiger partial charge in [0.2, 0.25) is 5.41 Å². The maximum Gasteiger partial charge on any atom is 0.411 e. The summed E-state index contributed by atoms with van der Waals surface area (Å²) in [5.74, 6) is -6.15. The summed E-state index contributed by atoms with van der Waals surface area (Å²) in [6.45, 7) is 5.29. The number of aryl methyl sites for hydroxylation is 1. The van der Waals surface area contributed by atoms with Crippen LogP contribution in [-0.2, 0) is 17.4 Å². The Labute approximate surface area is 252 Å². The number of rotatable bonds is 9. The summed E-state index contributed by atoms with van der Waals surface area (Å²) in [6.07, 6.45) is -11.9. The Kier molecular flexibility index (Phi) is 9.27. The normalized spacial score (nSPS) is 12.5. The first kappa shape index (κ1) is 34.8. The fraction of sp³-hybridized carbons (Fsp3) is 0.290. The van der Waals surface area contributed by atoms with Gasteiger partial charge in [-0.25, -0.2) is 9.59 Å². The van der Waals surface area contributed by atoms with Crippen molar-refractivity contribution in [1.29, 1.82) is 0 Å². The number of carboxylic acids is 2. The third kappa shape index (κ3) is 6.41. The van der Waals surface area contributed by atoms with Crippen LogP contribution in [0.1, 0.15) is 91.4 Å². The van der Waals surface area contributed by atoms with Crippen molar-refractivity contribution in [2.75, 3.05) is 5.32 Å². The number of Topliss-reactive ketones (excluding diaryl/α,β-unsaturated/α-hetero) is 1. The van der Waals surface area contributed by atoms with E-state index in [1.54, 1.807) is 13.0 Å². The molecule has 3 rings (SSSR count). The zero-order valence-electron chi connectivity index (χ0n) is 24.1. The number of ketones is 1. The van der Waals surface area contributed by atoms with E-state index in [1.807, 2.05) is 0 Å². The number of halogens is 6. The Morgan fingerprint density at radius 1 is 0.711 bits per heavy atom. The van der Waals surface area contributed by atoms with E-state index in [-0.39, 0.29) is 35.5 Å². The van der Waals surface area contributed by atoms with E-state index in [1.165, 1.54) is 26.0 Å². The minimum atomic E-state index is -6.22. The largest absolute Gasteiger partial charge is 0.478 e. The molecule has 0 aliphatic rings. The van der Waals surface area contributed by atoms with Crippen LogP contribution in [0.15, 0.2) is 54.6 Å². The van der Waals surface area contributed by atoms with E-state index in [2.05, 4.69) is 5.32 Å². The highest BCUT2D eigenvalue weighted by Gasteiger charge is 2.72. The number of aliphatic hydroxyl groups is 1. The summed E-state index contributed by atoms with van der Waals surface area (Å²) < 4.78 is 89.2. The number of amides is 1. The quantitative estimate of drug-likeness (QED) is 0.150. The SMILES string of the molecule is CCc1ccc(NC(=O)c2cc(C(c3ccc(C(=O)O)c(C(C)=O)c3)(C(F)(F)F)C(F)(F)F)ccc2C(=O)O)c(C(C)(C)O)c1. The highest BCUT2D eigenvalue weighted by Crippen LogP contribution is 2.56. The van der Waals surface area contributed by atoms with Crippen molar-refractivity contribution in [2.24, 2.45) is 0 Å². The fourth-order valence-corrected chi connectivity index (χ4v) is 5.01. The number of anilines is 1. The topological polar surface area (TPSA) is 141 Å². The minimum Gasteiger partial charge on any atom is -0.478 e. The van der Waals surface area contributed by atoms with Crippen molar-refractivity contribution in [3.63, 3.8) is 0 Å². The Hall–Kier alpha value is -4.72. The molecule has 240 valence electrons. The number of carbonyl (C=O) groups excluding carboxylic acids is 2. The molecule has 0 bridgehead atoms. The van der Waals surface area contributed by atoms with Crippen LogP contribution in [0.4, 0.5) is 32.0 Å². The van der Waals surface area contributed by atoms with Gasteiger partial charge in [-0.15, -0.1) is 0 Å². The van der Waals surface area contributed by atoms with Crippen LogP contribution in [-0.4, -0.2) is 51.3 Å². The lowest BCUT2D eigenvalue weighted by molar-refractivity contribution is -0.288. The lowest BCUT2D eigenvalue weighted by atomic mass is 9.71. The summed E-state index contributed by atoms with van der Waals surface area (Å²) in [6, 6.07) is 6.07. The van der Waals surface area contributed by atoms with Gasteiger partial charge < -0.3 is 20.6 Å². The zero-order valence-corrected chi connectivity index (χ0v) is 24.1. The first-order chi connectivity index (χ1) is 20.6. The molecule has 1 amide bonds. The molecule has 0 aliphatic carbocycles. The number of alkyl halides is 6. The van der Waals surface area contributed by atoms with E-state index >= 15 is 0 Å². The molecule has 4 N–H and O–H groups in total. The molecule has 14 heteroatoms. The fourth-order valence-electron chi connectivity index (χ4n) is 5.01. The van der Waals surface area contributed by atoms with Crippen LogP contribution in [0.5, 0.6) is 0 Å². The van der Waals surface area contributed by atoms with Crippen molar-refractivity contribution in [1.82, 2.24) is 0 Å². The van der Waals surface area contributed by atoms with Gasteiger partial charge in [0.25, 0.3) is 5.91 Å². The van der Waals surface area contributed by atoms with Crippen molar-refractivity contribution >= 4 is 29.3 Å². The summed E-state index contributed by atoms with van der Waals surface area (Å²) in [5.41, 5.74) is -12.8. The van der Waals surface area contributed by atoms with Crippen molar-refractivity contribution in [3.05, 3.63) is 99.1 Å². The average Bonchev–Trinajstić information content (AvgIpc) is 2.91. The molecule has 8 nitrogen and oxygen atoms in total. The molecule has 0 spiro atoms. The van der Waals surface area contributed by atoms with Crippen LogP contribution in [0.25, 0.3) is 0 Å². The molecule has 0 unspecified atom stereocenters. The monoisotopic (exact) mass is 639 g/mol. The van der Waals surface area contributed by atoms with E-state index < -0.39 is 80.4 Å². The van der Waals surface area contributed by atoms with E-state index in [0.717, 1.165) is 12.5 Å². The predicted octanol–water partition coefficient (Wildman–Crippen LogP) is 6.74. The maximum atomic E-state index is 14.9. The Morgan fingerprint density at radius 2 is 1.18 bits per heavy atom. The van der Waals surface area contributed by atoms with Crippen LogP contribution in [0.3, 0.4) is 0 Å². The van der Waals surface area contributed by atoms with Gasteiger partial charge in [-0.1, -0.05) is 31.2 Å². The van der Waals surface area contributed by atoms with Gasteiger partial charge in [-0.3, -0.25) is 9.59 Å². The number of aromatic carboxylic acids is 2. The summed E-state index contributed by atoms with van der Waals surface area (Å²) in [4.78, 5) is 49.0. The number of nitrogens with one attached hydrogen (secondary N) is 1. The first-order valence-corrected chi connectivity index (χ1v) is 13.1. The second-order valence-electron chi connectivity index (χ2n) is 10.7. The van der Waals surface area contributed by atoms with Crippen molar-refractivity contribution < 1.29 is 60.8 Å². The van der Waals surface area contributed by atoms with E-state index in [4.69, 9.17) is 0 Å². The molecule has 0 heterocycles. The highest BCUT2D eigenvalue weighted by molar-refractivity contribution is 6.11. The molecule has 0 fully saturated rings. The third-order valence-electron chi connectivity index (χ3n) is 7.24. The second-order valence-corrected chi connectivity index (χ2v) is 10.7. The predicted molar refractivity (Wildman–Crippen MR) is 149 cm³/mol. The minimum absolute atomic E-state index is 0.0836. The standard InChI is InChI=1S/C31H27F6NO7/c1-5-16-6-11-24(23(12-16)28(3,4)45)38-25(40)22-14-18(8-10-20(22)27(43)44)29(30(32,33)34,31(35,36)37)17-7-9-19(26(41)42)21(13-17)15(2)39/h6-14,45H,5H2,1-4H3,(H,38,40)(H,41,42)(H,43,44). The smallest absolute Gasteiger partial charge is 0.411 e. The number of hydrogen-bond donors (Lipinski definition) is 4. The van der Waals surface area contributed by atoms with Gasteiger partial charge in [0.15, 0.2) is 5.78 Å². The van der Waals surface area contributed by atoms with Gasteiger partial charge in [0.1, 0.15) is 0 Å². The van der Waals surface area contributed by atoms with Crippen molar-refractivity contribution in [3.8, 4) is 0 Å². The summed E-state index contributed by atoms with van der Waals surface area (Å²) in [7, 11) is 0. The molecule has 45 heavy (non-hydrogen) atoms. The van der Waals surface area contributed by atoms with Gasteiger partial charge in [-0.05, 0) is 74.2 Å². The third-order valence-corrected chi connectivity index (χ3v) is 7.24. The molecule has 0 aromatic heterocycles. The van der Waals surface area contributed by atoms with Gasteiger partial charge >= 0.3 is 24.3 Å². The molecule has 0 radical (unpaired) electrons. The molecule has 3 aromatic carbocycles. The number of carboxylic acid groups (broad SMARTS) is 2. The lowest BCUT2D eigenvalue weighted by Gasteiger charge is -2.38. The molecule has 0 saturated carbocycles. The molecule has 3 aromatic rings. The maximum absolute atomic E-state index is 14.9. The highest BCUT2D eigenvalue weighted by atomic mass is 19.4. The molecular formula is C31H27F6NO7. The number of hydrogen-bond acceptors (Lipinski definition) is 5. The molecule has 0 atom stereocenters. The van der Waals surface area contributed by atoms with E-state index in [0.29, 0.717) is 18.6 Å². The summed E-state index contributed by atoms with van der Waals surface area (Å²) in [5, 5.41) is 31.9. The van der Waals surface area contributed by atoms with Crippen LogP contribution >= 0.6 is 0 Å². The van der Waals surface area contributed by atoms with Gasteiger partial charge in [-0.2, -0.15) is 26.3 Å².